The molecule has 0 aliphatic rings. The maximum atomic E-state index is 11.7. The van der Waals surface area contributed by atoms with Crippen molar-refractivity contribution < 1.29 is 13.9 Å². The largest absolute Gasteiger partial charge is 0.351 e. The zero-order valence-electron chi connectivity index (χ0n) is 10.2. The smallest absolute Gasteiger partial charge is 0.287 e. The van der Waals surface area contributed by atoms with Gasteiger partial charge in [0.25, 0.3) is 11.6 Å². The Labute approximate surface area is 117 Å². The van der Waals surface area contributed by atoms with Gasteiger partial charge in [-0.25, -0.2) is 0 Å². The molecule has 0 saturated heterocycles. The molecule has 0 saturated carbocycles. The number of carbonyl (C=O) groups excluding carboxylic acids is 1. The zero-order chi connectivity index (χ0) is 14.4. The summed E-state index contributed by atoms with van der Waals surface area (Å²) >= 11 is 5.71. The lowest BCUT2D eigenvalue weighted by molar-refractivity contribution is -0.384. The van der Waals surface area contributed by atoms with Crippen LogP contribution in [0.15, 0.2) is 18.2 Å². The molecule has 19 heavy (non-hydrogen) atoms. The number of carbonyl (C=O) groups is 1. The minimum Gasteiger partial charge on any atom is -0.351 e. The Morgan fingerprint density at radius 3 is 2.74 bits per heavy atom. The van der Waals surface area contributed by atoms with Crippen molar-refractivity contribution in [2.45, 2.75) is 6.92 Å². The summed E-state index contributed by atoms with van der Waals surface area (Å²) in [7, 11) is -0.944. The highest BCUT2D eigenvalue weighted by molar-refractivity contribution is 7.84. The molecular weight excluding hydrogens is 292 g/mol. The van der Waals surface area contributed by atoms with Crippen molar-refractivity contribution in [3.8, 4) is 0 Å². The number of nitrogens with one attached hydrogen (secondary N) is 1. The Kier molecular flexibility index (Phi) is 5.91. The second kappa shape index (κ2) is 7.20. The van der Waals surface area contributed by atoms with Crippen molar-refractivity contribution in [2.75, 3.05) is 18.1 Å². The third kappa shape index (κ3) is 4.60. The summed E-state index contributed by atoms with van der Waals surface area (Å²) in [5.41, 5.74) is -0.0109. The van der Waals surface area contributed by atoms with E-state index in [0.717, 1.165) is 0 Å². The van der Waals surface area contributed by atoms with Gasteiger partial charge in [0, 0.05) is 40.5 Å². The van der Waals surface area contributed by atoms with E-state index in [1.807, 2.05) is 0 Å². The minimum absolute atomic E-state index is 0.0882. The lowest BCUT2D eigenvalue weighted by Crippen LogP contribution is -2.28. The third-order valence-corrected chi connectivity index (χ3v) is 3.95. The number of nitro benzene ring substituents is 1. The van der Waals surface area contributed by atoms with E-state index in [9.17, 15) is 19.1 Å². The summed E-state index contributed by atoms with van der Waals surface area (Å²) in [6.07, 6.45) is 0. The van der Waals surface area contributed by atoms with Gasteiger partial charge in [0.05, 0.1) is 4.92 Å². The molecule has 1 atom stereocenters. The van der Waals surface area contributed by atoms with Crippen molar-refractivity contribution in [1.82, 2.24) is 5.32 Å². The first kappa shape index (κ1) is 15.6. The van der Waals surface area contributed by atoms with E-state index in [-0.39, 0.29) is 22.8 Å². The molecule has 6 nitrogen and oxygen atoms in total. The molecule has 0 bridgehead atoms. The normalized spacial score (nSPS) is 11.9. The Morgan fingerprint density at radius 2 is 2.21 bits per heavy atom. The molecule has 0 heterocycles. The van der Waals surface area contributed by atoms with E-state index >= 15 is 0 Å². The molecular formula is C11H13ClN2O4S. The van der Waals surface area contributed by atoms with Crippen LogP contribution in [0.3, 0.4) is 0 Å². The van der Waals surface area contributed by atoms with Crippen molar-refractivity contribution in [3.63, 3.8) is 0 Å². The zero-order valence-corrected chi connectivity index (χ0v) is 11.8. The first-order valence-corrected chi connectivity index (χ1v) is 7.39. The van der Waals surface area contributed by atoms with E-state index in [4.69, 9.17) is 11.6 Å². The van der Waals surface area contributed by atoms with Crippen molar-refractivity contribution in [3.05, 3.63) is 38.9 Å². The fraction of sp³-hybridized carbons (Fsp3) is 0.364. The quantitative estimate of drug-likeness (QED) is 0.640. The first-order valence-electron chi connectivity index (χ1n) is 5.52. The van der Waals surface area contributed by atoms with Crippen LogP contribution in [-0.4, -0.2) is 33.1 Å². The van der Waals surface area contributed by atoms with Gasteiger partial charge in [0.1, 0.15) is 5.02 Å². The van der Waals surface area contributed by atoms with E-state index in [1.54, 1.807) is 6.92 Å². The lowest BCUT2D eigenvalue weighted by Gasteiger charge is -2.05. The predicted octanol–water partition coefficient (Wildman–Crippen LogP) is 1.75. The number of hydrogen-bond donors (Lipinski definition) is 1. The van der Waals surface area contributed by atoms with Crippen LogP contribution in [-0.2, 0) is 10.8 Å². The van der Waals surface area contributed by atoms with Gasteiger partial charge in [-0.1, -0.05) is 18.5 Å². The number of benzene rings is 1. The summed E-state index contributed by atoms with van der Waals surface area (Å²) in [5, 5.41) is 13.1. The molecule has 0 aliphatic carbocycles. The monoisotopic (exact) mass is 304 g/mol. The Balaban J connectivity index is 2.65. The Bertz CT molecular complexity index is 521. The number of nitro groups is 1. The van der Waals surface area contributed by atoms with Crippen LogP contribution in [0.2, 0.25) is 5.02 Å². The summed E-state index contributed by atoms with van der Waals surface area (Å²) in [6, 6.07) is 3.75. The second-order valence-corrected chi connectivity index (χ2v) is 5.88. The average molecular weight is 305 g/mol. The van der Waals surface area contributed by atoms with Crippen LogP contribution in [0.1, 0.15) is 17.3 Å². The van der Waals surface area contributed by atoms with E-state index in [2.05, 4.69) is 5.32 Å². The molecule has 8 heteroatoms. The van der Waals surface area contributed by atoms with Crippen LogP contribution < -0.4 is 5.32 Å². The van der Waals surface area contributed by atoms with E-state index in [1.165, 1.54) is 18.2 Å². The van der Waals surface area contributed by atoms with E-state index in [0.29, 0.717) is 11.5 Å². The fourth-order valence-electron chi connectivity index (χ4n) is 1.32. The van der Waals surface area contributed by atoms with Gasteiger partial charge < -0.3 is 5.32 Å². The van der Waals surface area contributed by atoms with Crippen LogP contribution in [0.4, 0.5) is 5.69 Å². The molecule has 1 unspecified atom stereocenters. The molecule has 0 radical (unpaired) electrons. The van der Waals surface area contributed by atoms with Crippen LogP contribution >= 0.6 is 11.6 Å². The molecule has 1 aromatic rings. The number of hydrogen-bond acceptors (Lipinski definition) is 4. The van der Waals surface area contributed by atoms with E-state index < -0.39 is 21.6 Å². The van der Waals surface area contributed by atoms with Gasteiger partial charge in [-0.3, -0.25) is 19.1 Å². The van der Waals surface area contributed by atoms with Crippen LogP contribution in [0.25, 0.3) is 0 Å². The van der Waals surface area contributed by atoms with Gasteiger partial charge >= 0.3 is 0 Å². The molecule has 1 rings (SSSR count). The number of nitrogens with zero attached hydrogens (tertiary/aromatic N) is 1. The third-order valence-electron chi connectivity index (χ3n) is 2.34. The van der Waals surface area contributed by atoms with Crippen molar-refractivity contribution in [1.29, 1.82) is 0 Å². The fourth-order valence-corrected chi connectivity index (χ4v) is 2.19. The lowest BCUT2D eigenvalue weighted by atomic mass is 10.2. The van der Waals surface area contributed by atoms with Gasteiger partial charge in [-0.2, -0.15) is 0 Å². The molecule has 0 fully saturated rings. The van der Waals surface area contributed by atoms with Gasteiger partial charge in [-0.05, 0) is 12.1 Å². The maximum absolute atomic E-state index is 11.7. The van der Waals surface area contributed by atoms with Crippen molar-refractivity contribution >= 4 is 34.0 Å². The molecule has 1 aromatic carbocycles. The van der Waals surface area contributed by atoms with Crippen LogP contribution in [0.5, 0.6) is 0 Å². The highest BCUT2D eigenvalue weighted by Gasteiger charge is 2.15. The average Bonchev–Trinajstić information content (AvgIpc) is 2.37. The summed E-state index contributed by atoms with van der Waals surface area (Å²) in [6.45, 7) is 2.09. The van der Waals surface area contributed by atoms with Crippen LogP contribution in [0, 0.1) is 10.1 Å². The number of amides is 1. The van der Waals surface area contributed by atoms with Crippen molar-refractivity contribution in [2.24, 2.45) is 0 Å². The summed E-state index contributed by atoms with van der Waals surface area (Å²) in [4.78, 5) is 21.7. The predicted molar refractivity (Wildman–Crippen MR) is 74.0 cm³/mol. The Morgan fingerprint density at radius 1 is 1.53 bits per heavy atom. The standard InChI is InChI=1S/C11H13ClN2O4S/c1-2-19(18)6-5-13-11(15)8-3-4-10(14(16)17)9(12)7-8/h3-4,7H,2,5-6H2,1H3,(H,13,15). The van der Waals surface area contributed by atoms with Gasteiger partial charge in [0.2, 0.25) is 0 Å². The Hall–Kier alpha value is -1.47. The molecule has 0 aromatic heterocycles. The number of halogens is 1. The topological polar surface area (TPSA) is 89.3 Å². The SMILES string of the molecule is CCS(=O)CCNC(=O)c1ccc([N+](=O)[O-])c(Cl)c1. The number of rotatable bonds is 6. The maximum Gasteiger partial charge on any atom is 0.287 e. The molecule has 0 aliphatic heterocycles. The minimum atomic E-state index is -0.944. The molecule has 0 spiro atoms. The molecule has 1 N–H and O–H groups in total. The molecule has 1 amide bonds. The first-order chi connectivity index (χ1) is 8.95. The second-order valence-electron chi connectivity index (χ2n) is 3.61. The van der Waals surface area contributed by atoms with Gasteiger partial charge in [-0.15, -0.1) is 0 Å². The van der Waals surface area contributed by atoms with Gasteiger partial charge in [0.15, 0.2) is 0 Å². The summed E-state index contributed by atoms with van der Waals surface area (Å²) < 4.78 is 11.2. The highest BCUT2D eigenvalue weighted by Crippen LogP contribution is 2.24. The molecule has 104 valence electrons. The summed E-state index contributed by atoms with van der Waals surface area (Å²) in [5.74, 6) is 0.521. The highest BCUT2D eigenvalue weighted by atomic mass is 35.5.